The molecule has 1 aliphatic heterocycles. The maximum absolute atomic E-state index is 12.1. The van der Waals surface area contributed by atoms with Crippen molar-refractivity contribution in [2.45, 2.75) is 32.2 Å². The van der Waals surface area contributed by atoms with Crippen LogP contribution in [0.3, 0.4) is 0 Å². The van der Waals surface area contributed by atoms with Crippen molar-refractivity contribution in [3.8, 4) is 17.6 Å². The third kappa shape index (κ3) is 6.12. The van der Waals surface area contributed by atoms with Gasteiger partial charge < -0.3 is 9.84 Å². The van der Waals surface area contributed by atoms with Gasteiger partial charge in [-0.3, -0.25) is 4.90 Å². The van der Waals surface area contributed by atoms with Crippen LogP contribution in [-0.2, 0) is 0 Å². The first kappa shape index (κ1) is 17.6. The van der Waals surface area contributed by atoms with Crippen LogP contribution in [0.4, 0.5) is 13.2 Å². The van der Waals surface area contributed by atoms with Gasteiger partial charge in [-0.15, -0.1) is 13.2 Å². The normalized spacial score (nSPS) is 20.5. The standard InChI is InChI=1S/C17H20F3NO2/c1-13(22)15-5-3-11-21(12-15)10-2-4-14-6-8-16(9-7-14)23-17(18,19)20/h6-9,13,15,22H,3,5,10-12H2,1H3. The van der Waals surface area contributed by atoms with Crippen molar-refractivity contribution < 1.29 is 23.0 Å². The second-order valence-corrected chi connectivity index (χ2v) is 5.75. The number of ether oxygens (including phenoxy) is 1. The van der Waals surface area contributed by atoms with Crippen LogP contribution in [0.15, 0.2) is 24.3 Å². The topological polar surface area (TPSA) is 32.7 Å². The van der Waals surface area contributed by atoms with E-state index >= 15 is 0 Å². The lowest BCUT2D eigenvalue weighted by molar-refractivity contribution is -0.274. The molecule has 2 atom stereocenters. The highest BCUT2D eigenvalue weighted by Crippen LogP contribution is 2.22. The van der Waals surface area contributed by atoms with Crippen molar-refractivity contribution in [3.05, 3.63) is 29.8 Å². The third-order valence-corrected chi connectivity index (χ3v) is 3.85. The average Bonchev–Trinajstić information content (AvgIpc) is 2.48. The first-order chi connectivity index (χ1) is 10.8. The van der Waals surface area contributed by atoms with Crippen molar-refractivity contribution >= 4 is 0 Å². The number of benzene rings is 1. The van der Waals surface area contributed by atoms with E-state index in [1.807, 2.05) is 6.92 Å². The number of rotatable bonds is 3. The zero-order valence-corrected chi connectivity index (χ0v) is 12.9. The summed E-state index contributed by atoms with van der Waals surface area (Å²) in [7, 11) is 0. The molecule has 0 amide bonds. The number of hydrogen-bond acceptors (Lipinski definition) is 3. The van der Waals surface area contributed by atoms with Gasteiger partial charge in [-0.25, -0.2) is 0 Å². The summed E-state index contributed by atoms with van der Waals surface area (Å²) in [6, 6.07) is 5.51. The molecule has 0 radical (unpaired) electrons. The molecule has 1 fully saturated rings. The van der Waals surface area contributed by atoms with Crippen LogP contribution in [0.2, 0.25) is 0 Å². The van der Waals surface area contributed by atoms with E-state index < -0.39 is 6.36 Å². The molecule has 6 heteroatoms. The van der Waals surface area contributed by atoms with E-state index in [4.69, 9.17) is 0 Å². The largest absolute Gasteiger partial charge is 0.573 e. The number of aliphatic hydroxyl groups excluding tert-OH is 1. The van der Waals surface area contributed by atoms with Gasteiger partial charge in [-0.05, 0) is 56.5 Å². The lowest BCUT2D eigenvalue weighted by atomic mass is 9.93. The van der Waals surface area contributed by atoms with E-state index in [1.165, 1.54) is 24.3 Å². The Morgan fingerprint density at radius 2 is 2.04 bits per heavy atom. The zero-order valence-electron chi connectivity index (χ0n) is 12.9. The quantitative estimate of drug-likeness (QED) is 0.866. The molecule has 0 spiro atoms. The highest BCUT2D eigenvalue weighted by atomic mass is 19.4. The number of alkyl halides is 3. The fourth-order valence-electron chi connectivity index (χ4n) is 2.62. The molecule has 0 bridgehead atoms. The van der Waals surface area contributed by atoms with Gasteiger partial charge in [0.05, 0.1) is 12.6 Å². The monoisotopic (exact) mass is 327 g/mol. The number of nitrogens with zero attached hydrogens (tertiary/aromatic N) is 1. The summed E-state index contributed by atoms with van der Waals surface area (Å²) in [5.74, 6) is 6.00. The second-order valence-electron chi connectivity index (χ2n) is 5.75. The summed E-state index contributed by atoms with van der Waals surface area (Å²) in [6.07, 6.45) is -2.92. The van der Waals surface area contributed by atoms with Crippen molar-refractivity contribution in [1.29, 1.82) is 0 Å². The van der Waals surface area contributed by atoms with Crippen molar-refractivity contribution in [2.75, 3.05) is 19.6 Å². The van der Waals surface area contributed by atoms with Crippen molar-refractivity contribution in [2.24, 2.45) is 5.92 Å². The number of likely N-dealkylation sites (tertiary alicyclic amines) is 1. The molecule has 126 valence electrons. The van der Waals surface area contributed by atoms with Gasteiger partial charge in [0.2, 0.25) is 0 Å². The second kappa shape index (κ2) is 7.71. The van der Waals surface area contributed by atoms with E-state index in [-0.39, 0.29) is 17.8 Å². The Hall–Kier alpha value is -1.71. The van der Waals surface area contributed by atoms with E-state index in [2.05, 4.69) is 21.5 Å². The Kier molecular flexibility index (Phi) is 5.91. The Morgan fingerprint density at radius 1 is 1.35 bits per heavy atom. The number of halogens is 3. The molecule has 2 unspecified atom stereocenters. The fourth-order valence-corrected chi connectivity index (χ4v) is 2.62. The molecule has 1 N–H and O–H groups in total. The highest BCUT2D eigenvalue weighted by molar-refractivity contribution is 5.38. The van der Waals surface area contributed by atoms with Gasteiger partial charge in [-0.2, -0.15) is 0 Å². The van der Waals surface area contributed by atoms with E-state index in [1.54, 1.807) is 0 Å². The molecule has 1 aromatic carbocycles. The molecular formula is C17H20F3NO2. The van der Waals surface area contributed by atoms with Gasteiger partial charge in [0.15, 0.2) is 0 Å². The van der Waals surface area contributed by atoms with Crippen LogP contribution in [0.1, 0.15) is 25.3 Å². The first-order valence-electron chi connectivity index (χ1n) is 7.58. The van der Waals surface area contributed by atoms with Crippen LogP contribution in [0.25, 0.3) is 0 Å². The number of piperidine rings is 1. The minimum atomic E-state index is -4.68. The molecule has 0 aromatic heterocycles. The molecular weight excluding hydrogens is 307 g/mol. The van der Waals surface area contributed by atoms with E-state index in [9.17, 15) is 18.3 Å². The van der Waals surface area contributed by atoms with Gasteiger partial charge in [0.1, 0.15) is 5.75 Å². The van der Waals surface area contributed by atoms with Crippen LogP contribution >= 0.6 is 0 Å². The molecule has 3 nitrogen and oxygen atoms in total. The maximum Gasteiger partial charge on any atom is 0.573 e. The van der Waals surface area contributed by atoms with Crippen molar-refractivity contribution in [3.63, 3.8) is 0 Å². The predicted molar refractivity (Wildman–Crippen MR) is 80.8 cm³/mol. The SMILES string of the molecule is CC(O)C1CCCN(CC#Cc2ccc(OC(F)(F)F)cc2)C1. The molecule has 1 saturated heterocycles. The smallest absolute Gasteiger partial charge is 0.406 e. The molecule has 1 aromatic rings. The lowest BCUT2D eigenvalue weighted by Gasteiger charge is -2.32. The lowest BCUT2D eigenvalue weighted by Crippen LogP contribution is -2.39. The molecule has 23 heavy (non-hydrogen) atoms. The van der Waals surface area contributed by atoms with E-state index in [0.717, 1.165) is 25.9 Å². The Bertz CT molecular complexity index is 558. The summed E-state index contributed by atoms with van der Waals surface area (Å²) in [5.41, 5.74) is 0.642. The molecule has 0 aliphatic carbocycles. The molecule has 2 rings (SSSR count). The Balaban J connectivity index is 1.87. The summed E-state index contributed by atoms with van der Waals surface area (Å²) in [5, 5.41) is 9.65. The van der Waals surface area contributed by atoms with Gasteiger partial charge >= 0.3 is 6.36 Å². The molecule has 1 aliphatic rings. The summed E-state index contributed by atoms with van der Waals surface area (Å²) < 4.78 is 40.0. The summed E-state index contributed by atoms with van der Waals surface area (Å²) in [6.45, 7) is 4.18. The highest BCUT2D eigenvalue weighted by Gasteiger charge is 2.30. The zero-order chi connectivity index (χ0) is 16.9. The summed E-state index contributed by atoms with van der Waals surface area (Å²) in [4.78, 5) is 2.19. The Labute approximate surface area is 134 Å². The molecule has 0 saturated carbocycles. The van der Waals surface area contributed by atoms with E-state index in [0.29, 0.717) is 12.1 Å². The first-order valence-corrected chi connectivity index (χ1v) is 7.58. The van der Waals surface area contributed by atoms with Crippen LogP contribution in [0.5, 0.6) is 5.75 Å². The van der Waals surface area contributed by atoms with Crippen molar-refractivity contribution in [1.82, 2.24) is 4.90 Å². The third-order valence-electron chi connectivity index (χ3n) is 3.85. The maximum atomic E-state index is 12.1. The summed E-state index contributed by atoms with van der Waals surface area (Å²) >= 11 is 0. The average molecular weight is 327 g/mol. The van der Waals surface area contributed by atoms with Crippen LogP contribution in [0, 0.1) is 17.8 Å². The minimum absolute atomic E-state index is 0.251. The van der Waals surface area contributed by atoms with Gasteiger partial charge in [-0.1, -0.05) is 11.8 Å². The van der Waals surface area contributed by atoms with Crippen LogP contribution < -0.4 is 4.74 Å². The molecule has 1 heterocycles. The number of aliphatic hydroxyl groups is 1. The predicted octanol–water partition coefficient (Wildman–Crippen LogP) is 3.03. The van der Waals surface area contributed by atoms with Gasteiger partial charge in [0.25, 0.3) is 0 Å². The minimum Gasteiger partial charge on any atom is -0.406 e. The van der Waals surface area contributed by atoms with Crippen LogP contribution in [-0.4, -0.2) is 42.1 Å². The number of hydrogen-bond donors (Lipinski definition) is 1. The van der Waals surface area contributed by atoms with Gasteiger partial charge in [0, 0.05) is 12.1 Å². The Morgan fingerprint density at radius 3 is 2.65 bits per heavy atom. The fraction of sp³-hybridized carbons (Fsp3) is 0.529.